The topological polar surface area (TPSA) is 26.3 Å². The zero-order chi connectivity index (χ0) is 8.81. The van der Waals surface area contributed by atoms with Crippen molar-refractivity contribution in [3.8, 4) is 11.8 Å². The standard InChI is InChI=1S/C10H12O2/c1-2-3-4-5-6-9-7-8-10(11)12-9/h2-3,9H,6-8H2,1H3/b3-2-. The van der Waals surface area contributed by atoms with E-state index in [2.05, 4.69) is 11.8 Å². The van der Waals surface area contributed by atoms with Crippen LogP contribution < -0.4 is 0 Å². The van der Waals surface area contributed by atoms with E-state index in [-0.39, 0.29) is 12.1 Å². The summed E-state index contributed by atoms with van der Waals surface area (Å²) in [5.74, 6) is 5.70. The summed E-state index contributed by atoms with van der Waals surface area (Å²) in [5, 5.41) is 0. The van der Waals surface area contributed by atoms with E-state index >= 15 is 0 Å². The van der Waals surface area contributed by atoms with Crippen molar-refractivity contribution in [2.24, 2.45) is 0 Å². The lowest BCUT2D eigenvalue weighted by molar-refractivity contribution is -0.141. The Hall–Kier alpha value is -1.23. The fourth-order valence-corrected chi connectivity index (χ4v) is 1.04. The van der Waals surface area contributed by atoms with Gasteiger partial charge in [0.1, 0.15) is 6.10 Å². The fraction of sp³-hybridized carbons (Fsp3) is 0.500. The van der Waals surface area contributed by atoms with Crippen molar-refractivity contribution in [3.63, 3.8) is 0 Å². The lowest BCUT2D eigenvalue weighted by Crippen LogP contribution is -2.04. The van der Waals surface area contributed by atoms with E-state index in [0.29, 0.717) is 12.8 Å². The number of carbonyl (C=O) groups is 1. The molecule has 0 radical (unpaired) electrons. The van der Waals surface area contributed by atoms with Crippen LogP contribution in [0.4, 0.5) is 0 Å². The zero-order valence-corrected chi connectivity index (χ0v) is 7.17. The third-order valence-electron chi connectivity index (χ3n) is 1.65. The maximum Gasteiger partial charge on any atom is 0.306 e. The Labute approximate surface area is 72.6 Å². The molecule has 0 aromatic heterocycles. The number of hydrogen-bond donors (Lipinski definition) is 0. The number of esters is 1. The van der Waals surface area contributed by atoms with E-state index < -0.39 is 0 Å². The first-order valence-corrected chi connectivity index (χ1v) is 4.12. The van der Waals surface area contributed by atoms with Crippen LogP contribution in [0.25, 0.3) is 0 Å². The van der Waals surface area contributed by atoms with Crippen LogP contribution in [0, 0.1) is 11.8 Å². The molecule has 0 bridgehead atoms. The Morgan fingerprint density at radius 1 is 1.75 bits per heavy atom. The molecule has 1 aliphatic heterocycles. The minimum Gasteiger partial charge on any atom is -0.461 e. The molecule has 0 aliphatic carbocycles. The maximum absolute atomic E-state index is 10.7. The molecule has 0 amide bonds. The van der Waals surface area contributed by atoms with Crippen LogP contribution >= 0.6 is 0 Å². The SMILES string of the molecule is C/C=C\C#CCC1CCC(=O)O1. The molecular formula is C10H12O2. The highest BCUT2D eigenvalue weighted by atomic mass is 16.5. The van der Waals surface area contributed by atoms with Crippen LogP contribution in [0.1, 0.15) is 26.2 Å². The van der Waals surface area contributed by atoms with Crippen molar-refractivity contribution in [2.45, 2.75) is 32.3 Å². The summed E-state index contributed by atoms with van der Waals surface area (Å²) in [7, 11) is 0. The summed E-state index contributed by atoms with van der Waals surface area (Å²) in [5.41, 5.74) is 0. The van der Waals surface area contributed by atoms with E-state index in [1.165, 1.54) is 0 Å². The zero-order valence-electron chi connectivity index (χ0n) is 7.17. The molecule has 1 heterocycles. The Morgan fingerprint density at radius 2 is 2.58 bits per heavy atom. The second-order valence-corrected chi connectivity index (χ2v) is 2.68. The van der Waals surface area contributed by atoms with Crippen molar-refractivity contribution >= 4 is 5.97 Å². The maximum atomic E-state index is 10.7. The first-order valence-electron chi connectivity index (χ1n) is 4.12. The van der Waals surface area contributed by atoms with E-state index in [0.717, 1.165) is 6.42 Å². The molecule has 1 rings (SSSR count). The summed E-state index contributed by atoms with van der Waals surface area (Å²) < 4.78 is 4.98. The van der Waals surface area contributed by atoms with Gasteiger partial charge < -0.3 is 4.74 Å². The lowest BCUT2D eigenvalue weighted by atomic mass is 10.2. The van der Waals surface area contributed by atoms with Gasteiger partial charge in [0, 0.05) is 12.8 Å². The average molecular weight is 164 g/mol. The summed E-state index contributed by atoms with van der Waals surface area (Å²) in [6.07, 6.45) is 5.75. The van der Waals surface area contributed by atoms with Crippen molar-refractivity contribution in [2.75, 3.05) is 0 Å². The summed E-state index contributed by atoms with van der Waals surface area (Å²) in [4.78, 5) is 10.7. The molecule has 2 heteroatoms. The highest BCUT2D eigenvalue weighted by Crippen LogP contribution is 2.15. The monoisotopic (exact) mass is 164 g/mol. The van der Waals surface area contributed by atoms with Crippen LogP contribution in [0.5, 0.6) is 0 Å². The Kier molecular flexibility index (Phi) is 3.40. The third-order valence-corrected chi connectivity index (χ3v) is 1.65. The molecule has 0 spiro atoms. The second-order valence-electron chi connectivity index (χ2n) is 2.68. The Bertz CT molecular complexity index is 242. The van der Waals surface area contributed by atoms with Gasteiger partial charge in [-0.05, 0) is 19.4 Å². The number of rotatable bonds is 1. The molecule has 0 aromatic rings. The van der Waals surface area contributed by atoms with E-state index in [9.17, 15) is 4.79 Å². The van der Waals surface area contributed by atoms with E-state index in [4.69, 9.17) is 4.74 Å². The van der Waals surface area contributed by atoms with Crippen LogP contribution in [-0.2, 0) is 9.53 Å². The lowest BCUT2D eigenvalue weighted by Gasteiger charge is -2.01. The number of cyclic esters (lactones) is 1. The number of ether oxygens (including phenoxy) is 1. The number of carbonyl (C=O) groups excluding carboxylic acids is 1. The van der Waals surface area contributed by atoms with Crippen molar-refractivity contribution in [1.82, 2.24) is 0 Å². The summed E-state index contributed by atoms with van der Waals surface area (Å²) in [6, 6.07) is 0. The Balaban J connectivity index is 2.25. The molecule has 0 N–H and O–H groups in total. The van der Waals surface area contributed by atoms with Crippen molar-refractivity contribution in [1.29, 1.82) is 0 Å². The normalized spacial score (nSPS) is 22.1. The van der Waals surface area contributed by atoms with Crippen LogP contribution in [0.15, 0.2) is 12.2 Å². The summed E-state index contributed by atoms with van der Waals surface area (Å²) >= 11 is 0. The highest BCUT2D eigenvalue weighted by molar-refractivity contribution is 5.71. The molecule has 0 saturated carbocycles. The molecule has 1 saturated heterocycles. The predicted molar refractivity (Wildman–Crippen MR) is 46.3 cm³/mol. The van der Waals surface area contributed by atoms with Crippen molar-refractivity contribution in [3.05, 3.63) is 12.2 Å². The number of hydrogen-bond acceptors (Lipinski definition) is 2. The van der Waals surface area contributed by atoms with Gasteiger partial charge in [0.05, 0.1) is 0 Å². The number of allylic oxidation sites excluding steroid dienone is 2. The predicted octanol–water partition coefficient (Wildman–Crippen LogP) is 1.66. The quantitative estimate of drug-likeness (QED) is 0.435. The second kappa shape index (κ2) is 4.61. The van der Waals surface area contributed by atoms with Gasteiger partial charge >= 0.3 is 5.97 Å². The van der Waals surface area contributed by atoms with E-state index in [1.807, 2.05) is 13.0 Å². The Morgan fingerprint density at radius 3 is 3.17 bits per heavy atom. The molecule has 12 heavy (non-hydrogen) atoms. The van der Waals surface area contributed by atoms with Gasteiger partial charge in [-0.15, -0.1) is 0 Å². The van der Waals surface area contributed by atoms with Gasteiger partial charge in [-0.1, -0.05) is 17.9 Å². The van der Waals surface area contributed by atoms with Gasteiger partial charge in [0.2, 0.25) is 0 Å². The molecule has 1 fully saturated rings. The van der Waals surface area contributed by atoms with Gasteiger partial charge in [-0.3, -0.25) is 4.79 Å². The molecule has 0 aromatic carbocycles. The highest BCUT2D eigenvalue weighted by Gasteiger charge is 2.21. The van der Waals surface area contributed by atoms with Gasteiger partial charge in [0.15, 0.2) is 0 Å². The minimum atomic E-state index is -0.0900. The van der Waals surface area contributed by atoms with Gasteiger partial charge in [-0.2, -0.15) is 0 Å². The largest absolute Gasteiger partial charge is 0.461 e. The van der Waals surface area contributed by atoms with Gasteiger partial charge in [-0.25, -0.2) is 0 Å². The molecule has 64 valence electrons. The first kappa shape index (κ1) is 8.86. The molecule has 1 unspecified atom stereocenters. The van der Waals surface area contributed by atoms with E-state index in [1.54, 1.807) is 6.08 Å². The van der Waals surface area contributed by atoms with Crippen LogP contribution in [-0.4, -0.2) is 12.1 Å². The molecular weight excluding hydrogens is 152 g/mol. The van der Waals surface area contributed by atoms with Crippen LogP contribution in [0.2, 0.25) is 0 Å². The summed E-state index contributed by atoms with van der Waals surface area (Å²) in [6.45, 7) is 1.92. The third kappa shape index (κ3) is 2.79. The first-order chi connectivity index (χ1) is 5.83. The smallest absolute Gasteiger partial charge is 0.306 e. The molecule has 1 aliphatic rings. The fourth-order valence-electron chi connectivity index (χ4n) is 1.04. The van der Waals surface area contributed by atoms with Gasteiger partial charge in [0.25, 0.3) is 0 Å². The van der Waals surface area contributed by atoms with Crippen molar-refractivity contribution < 1.29 is 9.53 Å². The molecule has 2 nitrogen and oxygen atoms in total. The minimum absolute atomic E-state index is 0.0373. The average Bonchev–Trinajstić information content (AvgIpc) is 2.45. The molecule has 1 atom stereocenters. The van der Waals surface area contributed by atoms with Crippen LogP contribution in [0.3, 0.4) is 0 Å².